The Morgan fingerprint density at radius 2 is 1.91 bits per heavy atom. The molecule has 1 aromatic rings. The van der Waals surface area contributed by atoms with Crippen LogP contribution in [0.1, 0.15) is 84.3 Å². The Hall–Kier alpha value is -2.06. The summed E-state index contributed by atoms with van der Waals surface area (Å²) in [6.07, 6.45) is 3.04. The highest BCUT2D eigenvalue weighted by Crippen LogP contribution is 2.31. The van der Waals surface area contributed by atoms with E-state index in [2.05, 4.69) is 4.98 Å². The summed E-state index contributed by atoms with van der Waals surface area (Å²) in [5.74, 6) is -1.07. The predicted octanol–water partition coefficient (Wildman–Crippen LogP) is 4.81. The van der Waals surface area contributed by atoms with Crippen molar-refractivity contribution in [1.29, 1.82) is 0 Å². The maximum Gasteiger partial charge on any atom is 0.306 e. The first-order valence-electron chi connectivity index (χ1n) is 12.6. The Kier molecular flexibility index (Phi) is 10.6. The molecule has 8 heteroatoms. The largest absolute Gasteiger partial charge is 0.458 e. The molecule has 1 N–H and O–H groups in total. The van der Waals surface area contributed by atoms with Crippen LogP contribution in [0.5, 0.6) is 0 Å². The van der Waals surface area contributed by atoms with Crippen LogP contribution < -0.4 is 0 Å². The number of ether oxygens (including phenoxy) is 1. The number of thiazole rings is 1. The van der Waals surface area contributed by atoms with Crippen LogP contribution in [-0.4, -0.2) is 57.9 Å². The van der Waals surface area contributed by atoms with Crippen LogP contribution in [0, 0.1) is 24.2 Å². The molecule has 0 saturated carbocycles. The van der Waals surface area contributed by atoms with Crippen LogP contribution in [-0.2, 0) is 19.1 Å². The zero-order chi connectivity index (χ0) is 26.3. The van der Waals surface area contributed by atoms with Crippen LogP contribution in [0.3, 0.4) is 0 Å². The summed E-state index contributed by atoms with van der Waals surface area (Å²) >= 11 is 1.56. The van der Waals surface area contributed by atoms with E-state index >= 15 is 0 Å². The second-order valence-corrected chi connectivity index (χ2v) is 11.7. The Labute approximate surface area is 214 Å². The Bertz CT molecular complexity index is 922. The number of nitrogens with zero attached hydrogens (tertiary/aromatic N) is 2. The summed E-state index contributed by atoms with van der Waals surface area (Å²) < 4.78 is 5.88. The quantitative estimate of drug-likeness (QED) is 0.579. The van der Waals surface area contributed by atoms with E-state index in [0.717, 1.165) is 22.7 Å². The van der Waals surface area contributed by atoms with Crippen LogP contribution >= 0.6 is 11.3 Å². The molecular formula is C27H42N2O5S. The first-order valence-corrected chi connectivity index (χ1v) is 13.5. The standard InChI is InChI=1S/C27H42N2O5S/c1-17-9-8-13-29(21(5)30)14-11-23(18(2)15-22-16-35-20(4)28-22)34-24(31)10-12-27(6,7)26(33)19(3)25(17)32/h15-17,19,23,25,32H,8-14H2,1-7H3/b18-15+/t17-,19+,23-,25-/m0/s1. The molecule has 1 aromatic heterocycles. The molecule has 35 heavy (non-hydrogen) atoms. The number of hydrogen-bond acceptors (Lipinski definition) is 7. The van der Waals surface area contributed by atoms with Gasteiger partial charge in [-0.15, -0.1) is 11.3 Å². The smallest absolute Gasteiger partial charge is 0.306 e. The van der Waals surface area contributed by atoms with E-state index in [1.807, 2.05) is 46.1 Å². The molecule has 0 bridgehead atoms. The average molecular weight is 507 g/mol. The van der Waals surface area contributed by atoms with Crippen LogP contribution in [0.2, 0.25) is 0 Å². The number of amides is 1. The number of aryl methyl sites for hydroxylation is 1. The Balaban J connectivity index is 2.29. The third kappa shape index (κ3) is 8.53. The Morgan fingerprint density at radius 1 is 1.23 bits per heavy atom. The number of aliphatic hydroxyl groups is 1. The molecule has 0 aliphatic carbocycles. The summed E-state index contributed by atoms with van der Waals surface area (Å²) in [5.41, 5.74) is 0.944. The molecule has 0 radical (unpaired) electrons. The fraction of sp³-hybridized carbons (Fsp3) is 0.704. The minimum absolute atomic E-state index is 0.0357. The third-order valence-electron chi connectivity index (χ3n) is 7.12. The average Bonchev–Trinajstić information content (AvgIpc) is 3.20. The van der Waals surface area contributed by atoms with Gasteiger partial charge in [-0.2, -0.15) is 0 Å². The van der Waals surface area contributed by atoms with Crippen molar-refractivity contribution >= 4 is 35.1 Å². The van der Waals surface area contributed by atoms with Crippen molar-refractivity contribution in [2.24, 2.45) is 17.3 Å². The first kappa shape index (κ1) is 29.2. The zero-order valence-electron chi connectivity index (χ0n) is 22.3. The van der Waals surface area contributed by atoms with Gasteiger partial charge in [0, 0.05) is 49.6 Å². The van der Waals surface area contributed by atoms with Gasteiger partial charge in [0.15, 0.2) is 0 Å². The van der Waals surface area contributed by atoms with Crippen molar-refractivity contribution < 1.29 is 24.2 Å². The lowest BCUT2D eigenvalue weighted by molar-refractivity contribution is -0.149. The molecule has 2 heterocycles. The van der Waals surface area contributed by atoms with Gasteiger partial charge in [0.1, 0.15) is 11.9 Å². The van der Waals surface area contributed by atoms with Crippen molar-refractivity contribution in [3.63, 3.8) is 0 Å². The molecule has 196 valence electrons. The zero-order valence-corrected chi connectivity index (χ0v) is 23.1. The lowest BCUT2D eigenvalue weighted by Gasteiger charge is -2.32. The van der Waals surface area contributed by atoms with Gasteiger partial charge in [-0.25, -0.2) is 4.98 Å². The van der Waals surface area contributed by atoms with E-state index in [1.54, 1.807) is 30.1 Å². The summed E-state index contributed by atoms with van der Waals surface area (Å²) in [7, 11) is 0. The minimum Gasteiger partial charge on any atom is -0.458 e. The molecule has 1 fully saturated rings. The number of carbonyl (C=O) groups is 3. The van der Waals surface area contributed by atoms with Crippen LogP contribution in [0.25, 0.3) is 6.08 Å². The number of cyclic esters (lactones) is 1. The number of carbonyl (C=O) groups excluding carboxylic acids is 3. The van der Waals surface area contributed by atoms with Gasteiger partial charge in [-0.05, 0) is 50.7 Å². The highest BCUT2D eigenvalue weighted by atomic mass is 32.1. The van der Waals surface area contributed by atoms with E-state index < -0.39 is 23.5 Å². The van der Waals surface area contributed by atoms with Crippen molar-refractivity contribution in [2.45, 2.75) is 92.8 Å². The molecule has 7 nitrogen and oxygen atoms in total. The first-order chi connectivity index (χ1) is 16.3. The van der Waals surface area contributed by atoms with E-state index in [4.69, 9.17) is 4.74 Å². The molecule has 1 amide bonds. The monoisotopic (exact) mass is 506 g/mol. The SMILES string of the molecule is CC(=O)N1CCC[C@H](C)[C@H](O)[C@@H](C)C(=O)C(C)(C)CCC(=O)O[C@H](/C(C)=C/c2csc(C)n2)CC1. The van der Waals surface area contributed by atoms with E-state index in [-0.39, 0.29) is 30.0 Å². The normalized spacial score (nSPS) is 28.0. The maximum absolute atomic E-state index is 13.2. The molecule has 1 aliphatic heterocycles. The van der Waals surface area contributed by atoms with Crippen molar-refractivity contribution in [2.75, 3.05) is 13.1 Å². The molecule has 1 aliphatic rings. The van der Waals surface area contributed by atoms with Gasteiger partial charge in [0.25, 0.3) is 0 Å². The molecule has 0 aromatic carbocycles. The molecule has 0 unspecified atom stereocenters. The second kappa shape index (κ2) is 12.8. The molecule has 0 spiro atoms. The van der Waals surface area contributed by atoms with Crippen LogP contribution in [0.4, 0.5) is 0 Å². The lowest BCUT2D eigenvalue weighted by atomic mass is 9.74. The minimum atomic E-state index is -0.765. The van der Waals surface area contributed by atoms with Gasteiger partial charge >= 0.3 is 5.97 Å². The van der Waals surface area contributed by atoms with E-state index in [0.29, 0.717) is 32.4 Å². The number of rotatable bonds is 2. The number of aliphatic hydroxyl groups excluding tert-OH is 1. The fourth-order valence-corrected chi connectivity index (χ4v) is 5.22. The fourth-order valence-electron chi connectivity index (χ4n) is 4.65. The maximum atomic E-state index is 13.2. The molecule has 2 rings (SSSR count). The van der Waals surface area contributed by atoms with E-state index in [1.165, 1.54) is 0 Å². The summed E-state index contributed by atoms with van der Waals surface area (Å²) in [6.45, 7) is 13.8. The highest BCUT2D eigenvalue weighted by Gasteiger charge is 2.37. The molecular weight excluding hydrogens is 464 g/mol. The molecule has 4 atom stereocenters. The highest BCUT2D eigenvalue weighted by molar-refractivity contribution is 7.09. The topological polar surface area (TPSA) is 96.8 Å². The summed E-state index contributed by atoms with van der Waals surface area (Å²) in [5, 5.41) is 13.7. The second-order valence-electron chi connectivity index (χ2n) is 10.6. The molecule has 1 saturated heterocycles. The van der Waals surface area contributed by atoms with Crippen molar-refractivity contribution in [1.82, 2.24) is 9.88 Å². The Morgan fingerprint density at radius 3 is 2.51 bits per heavy atom. The number of esters is 1. The third-order valence-corrected chi connectivity index (χ3v) is 7.91. The number of aromatic nitrogens is 1. The summed E-state index contributed by atoms with van der Waals surface area (Å²) in [4.78, 5) is 44.5. The van der Waals surface area contributed by atoms with Crippen molar-refractivity contribution in [3.05, 3.63) is 21.7 Å². The van der Waals surface area contributed by atoms with Crippen molar-refractivity contribution in [3.8, 4) is 0 Å². The van der Waals surface area contributed by atoms with Gasteiger partial charge < -0.3 is 14.7 Å². The number of hydrogen-bond donors (Lipinski definition) is 1. The summed E-state index contributed by atoms with van der Waals surface area (Å²) in [6, 6.07) is 0. The van der Waals surface area contributed by atoms with E-state index in [9.17, 15) is 19.5 Å². The predicted molar refractivity (Wildman–Crippen MR) is 139 cm³/mol. The number of Topliss-reactive ketones (excluding diaryl/α,β-unsaturated/α-hetero) is 1. The van der Waals surface area contributed by atoms with Gasteiger partial charge in [-0.1, -0.05) is 27.7 Å². The van der Waals surface area contributed by atoms with Gasteiger partial charge in [-0.3, -0.25) is 14.4 Å². The lowest BCUT2D eigenvalue weighted by Crippen LogP contribution is -2.40. The van der Waals surface area contributed by atoms with Crippen LogP contribution in [0.15, 0.2) is 11.0 Å². The van der Waals surface area contributed by atoms with Gasteiger partial charge in [0.05, 0.1) is 16.8 Å². The number of ketones is 1. The van der Waals surface area contributed by atoms with Gasteiger partial charge in [0.2, 0.25) is 5.91 Å².